The minimum atomic E-state index is -0.740. The molecule has 3 rings (SSSR count). The van der Waals surface area contributed by atoms with Gasteiger partial charge in [0.2, 0.25) is 11.8 Å². The highest BCUT2D eigenvalue weighted by Gasteiger charge is 2.30. The fourth-order valence-corrected chi connectivity index (χ4v) is 4.31. The first-order valence-electron chi connectivity index (χ1n) is 10.5. The summed E-state index contributed by atoms with van der Waals surface area (Å²) in [6.07, 6.45) is 0.600. The maximum absolute atomic E-state index is 14.4. The summed E-state index contributed by atoms with van der Waals surface area (Å²) in [6, 6.07) is 25.0. The van der Waals surface area contributed by atoms with Gasteiger partial charge >= 0.3 is 0 Å². The molecule has 1 N–H and O–H groups in total. The van der Waals surface area contributed by atoms with E-state index in [9.17, 15) is 14.0 Å². The highest BCUT2D eigenvalue weighted by Crippen LogP contribution is 2.21. The van der Waals surface area contributed by atoms with Crippen molar-refractivity contribution < 1.29 is 14.0 Å². The lowest BCUT2D eigenvalue weighted by Crippen LogP contribution is -2.49. The second-order valence-corrected chi connectivity index (χ2v) is 8.51. The van der Waals surface area contributed by atoms with E-state index in [0.29, 0.717) is 17.7 Å². The molecule has 0 radical (unpaired) electrons. The quantitative estimate of drug-likeness (QED) is 0.456. The molecule has 1 unspecified atom stereocenters. The Bertz CT molecular complexity index is 1010. The molecule has 32 heavy (non-hydrogen) atoms. The van der Waals surface area contributed by atoms with E-state index < -0.39 is 6.04 Å². The number of hydrogen-bond donors (Lipinski definition) is 1. The van der Waals surface area contributed by atoms with E-state index >= 15 is 0 Å². The lowest BCUT2D eigenvalue weighted by atomic mass is 10.0. The van der Waals surface area contributed by atoms with Crippen LogP contribution in [0.1, 0.15) is 17.5 Å². The lowest BCUT2D eigenvalue weighted by molar-refractivity contribution is -0.140. The van der Waals surface area contributed by atoms with Gasteiger partial charge in [0.05, 0.1) is 0 Å². The molecular weight excluding hydrogens is 423 g/mol. The van der Waals surface area contributed by atoms with Gasteiger partial charge in [0.25, 0.3) is 0 Å². The van der Waals surface area contributed by atoms with Gasteiger partial charge < -0.3 is 10.2 Å². The molecular formula is C26H27FN2O2S. The second-order valence-electron chi connectivity index (χ2n) is 7.34. The number of nitrogens with one attached hydrogen (secondary N) is 1. The van der Waals surface area contributed by atoms with Gasteiger partial charge in [0.15, 0.2) is 0 Å². The van der Waals surface area contributed by atoms with Crippen molar-refractivity contribution in [3.05, 3.63) is 102 Å². The van der Waals surface area contributed by atoms with Gasteiger partial charge in [-0.15, -0.1) is 11.8 Å². The Morgan fingerprint density at radius 1 is 0.938 bits per heavy atom. The Labute approximate surface area is 192 Å². The van der Waals surface area contributed by atoms with Crippen molar-refractivity contribution in [2.24, 2.45) is 0 Å². The van der Waals surface area contributed by atoms with Crippen LogP contribution in [-0.2, 0) is 22.6 Å². The van der Waals surface area contributed by atoms with Crippen LogP contribution in [0, 0.1) is 5.82 Å². The number of benzene rings is 3. The van der Waals surface area contributed by atoms with E-state index in [1.165, 1.54) is 11.0 Å². The summed E-state index contributed by atoms with van der Waals surface area (Å²) >= 11 is 1.58. The van der Waals surface area contributed by atoms with Crippen LogP contribution in [0.2, 0.25) is 0 Å². The SMILES string of the molecule is CNC(=O)C(Cc1ccccc1)N(Cc1ccccc1F)C(=O)CCSc1ccccc1. The monoisotopic (exact) mass is 450 g/mol. The molecule has 1 atom stereocenters. The number of rotatable bonds is 10. The number of nitrogens with zero attached hydrogens (tertiary/aromatic N) is 1. The number of amides is 2. The standard InChI is InChI=1S/C26H27FN2O2S/c1-28-26(31)24(18-20-10-4-2-5-11-20)29(19-21-12-8-9-15-23(21)27)25(30)16-17-32-22-13-6-3-7-14-22/h2-15,24H,16-19H2,1H3,(H,28,31). The summed E-state index contributed by atoms with van der Waals surface area (Å²) in [5, 5.41) is 2.67. The van der Waals surface area contributed by atoms with Gasteiger partial charge in [-0.2, -0.15) is 0 Å². The van der Waals surface area contributed by atoms with Crippen LogP contribution >= 0.6 is 11.8 Å². The van der Waals surface area contributed by atoms with Crippen molar-refractivity contribution in [1.82, 2.24) is 10.2 Å². The largest absolute Gasteiger partial charge is 0.357 e. The molecule has 0 bridgehead atoms. The molecule has 0 aliphatic rings. The predicted octanol–water partition coefficient (Wildman–Crippen LogP) is 4.69. The first kappa shape index (κ1) is 23.5. The van der Waals surface area contributed by atoms with Crippen LogP contribution in [0.3, 0.4) is 0 Å². The summed E-state index contributed by atoms with van der Waals surface area (Å²) in [7, 11) is 1.55. The fraction of sp³-hybridized carbons (Fsp3) is 0.231. The molecule has 3 aromatic carbocycles. The van der Waals surface area contributed by atoms with Crippen molar-refractivity contribution in [2.45, 2.75) is 30.3 Å². The molecule has 0 saturated heterocycles. The van der Waals surface area contributed by atoms with Crippen LogP contribution in [0.4, 0.5) is 4.39 Å². The van der Waals surface area contributed by atoms with Crippen LogP contribution in [-0.4, -0.2) is 35.6 Å². The van der Waals surface area contributed by atoms with E-state index in [1.54, 1.807) is 37.0 Å². The molecule has 3 aromatic rings. The summed E-state index contributed by atoms with van der Waals surface area (Å²) in [4.78, 5) is 28.7. The number of likely N-dealkylation sites (N-methyl/N-ethyl adjacent to an activating group) is 1. The Morgan fingerprint density at radius 3 is 2.22 bits per heavy atom. The first-order valence-corrected chi connectivity index (χ1v) is 11.5. The average Bonchev–Trinajstić information content (AvgIpc) is 2.83. The number of halogens is 1. The third kappa shape index (κ3) is 6.69. The van der Waals surface area contributed by atoms with Crippen molar-refractivity contribution in [3.8, 4) is 0 Å². The van der Waals surface area contributed by atoms with Gasteiger partial charge in [0.1, 0.15) is 11.9 Å². The second kappa shape index (κ2) is 12.1. The minimum absolute atomic E-state index is 0.0342. The van der Waals surface area contributed by atoms with Crippen LogP contribution in [0.15, 0.2) is 89.8 Å². The summed E-state index contributed by atoms with van der Waals surface area (Å²) in [5.41, 5.74) is 1.32. The Morgan fingerprint density at radius 2 is 1.56 bits per heavy atom. The van der Waals surface area contributed by atoms with Crippen LogP contribution in [0.25, 0.3) is 0 Å². The number of hydrogen-bond acceptors (Lipinski definition) is 3. The molecule has 0 saturated carbocycles. The summed E-state index contributed by atoms with van der Waals surface area (Å²) in [5.74, 6) is -0.266. The van der Waals surface area contributed by atoms with Gasteiger partial charge in [-0.25, -0.2) is 4.39 Å². The van der Waals surface area contributed by atoms with E-state index in [2.05, 4.69) is 5.32 Å². The fourth-order valence-electron chi connectivity index (χ4n) is 3.45. The van der Waals surface area contributed by atoms with Gasteiger partial charge in [-0.05, 0) is 23.8 Å². The van der Waals surface area contributed by atoms with Crippen molar-refractivity contribution in [3.63, 3.8) is 0 Å². The van der Waals surface area contributed by atoms with Crippen LogP contribution < -0.4 is 5.32 Å². The summed E-state index contributed by atoms with van der Waals surface area (Å²) in [6.45, 7) is 0.0342. The van der Waals surface area contributed by atoms with E-state index in [1.807, 2.05) is 60.7 Å². The third-order valence-electron chi connectivity index (χ3n) is 5.14. The molecule has 0 heterocycles. The lowest BCUT2D eigenvalue weighted by Gasteiger charge is -2.31. The molecule has 0 fully saturated rings. The molecule has 4 nitrogen and oxygen atoms in total. The van der Waals surface area contributed by atoms with E-state index in [4.69, 9.17) is 0 Å². The molecule has 0 aliphatic carbocycles. The highest BCUT2D eigenvalue weighted by molar-refractivity contribution is 7.99. The maximum atomic E-state index is 14.4. The zero-order chi connectivity index (χ0) is 22.8. The molecule has 0 aliphatic heterocycles. The zero-order valence-corrected chi connectivity index (χ0v) is 18.9. The van der Waals surface area contributed by atoms with Gasteiger partial charge in [-0.1, -0.05) is 66.7 Å². The predicted molar refractivity (Wildman–Crippen MR) is 127 cm³/mol. The Balaban J connectivity index is 1.82. The average molecular weight is 451 g/mol. The van der Waals surface area contributed by atoms with Crippen molar-refractivity contribution in [1.29, 1.82) is 0 Å². The van der Waals surface area contributed by atoms with Crippen molar-refractivity contribution >= 4 is 23.6 Å². The molecule has 0 aromatic heterocycles. The highest BCUT2D eigenvalue weighted by atomic mass is 32.2. The molecule has 6 heteroatoms. The van der Waals surface area contributed by atoms with Crippen LogP contribution in [0.5, 0.6) is 0 Å². The number of carbonyl (C=O) groups excluding carboxylic acids is 2. The Kier molecular flexibility index (Phi) is 8.87. The molecule has 166 valence electrons. The zero-order valence-electron chi connectivity index (χ0n) is 18.0. The van der Waals surface area contributed by atoms with E-state index in [-0.39, 0.29) is 30.6 Å². The molecule has 2 amide bonds. The number of thioether (sulfide) groups is 1. The van der Waals surface area contributed by atoms with Gasteiger partial charge in [0, 0.05) is 42.6 Å². The molecule has 0 spiro atoms. The smallest absolute Gasteiger partial charge is 0.242 e. The number of carbonyl (C=O) groups is 2. The minimum Gasteiger partial charge on any atom is -0.357 e. The topological polar surface area (TPSA) is 49.4 Å². The third-order valence-corrected chi connectivity index (χ3v) is 6.16. The first-order chi connectivity index (χ1) is 15.6. The van der Waals surface area contributed by atoms with Gasteiger partial charge in [-0.3, -0.25) is 9.59 Å². The summed E-state index contributed by atoms with van der Waals surface area (Å²) < 4.78 is 14.4. The Hall–Kier alpha value is -3.12. The normalized spacial score (nSPS) is 11.6. The maximum Gasteiger partial charge on any atom is 0.242 e. The van der Waals surface area contributed by atoms with Crippen molar-refractivity contribution in [2.75, 3.05) is 12.8 Å². The van der Waals surface area contributed by atoms with E-state index in [0.717, 1.165) is 10.5 Å².